The van der Waals surface area contributed by atoms with E-state index in [1.807, 2.05) is 77.5 Å². The number of thioether (sulfide) groups is 1. The van der Waals surface area contributed by atoms with E-state index in [9.17, 15) is 4.79 Å². The Morgan fingerprint density at radius 1 is 1.04 bits per heavy atom. The molecule has 1 amide bonds. The lowest BCUT2D eigenvalue weighted by atomic mass is 10.1. The van der Waals surface area contributed by atoms with Gasteiger partial charge in [0, 0.05) is 17.3 Å². The summed E-state index contributed by atoms with van der Waals surface area (Å²) in [5.41, 5.74) is 1.86. The number of pyridine rings is 1. The average Bonchev–Trinajstić information content (AvgIpc) is 3.04. The fraction of sp³-hybridized carbons (Fsp3) is 0.0526. The monoisotopic (exact) mass is 333 g/mol. The number of imidazole rings is 1. The van der Waals surface area contributed by atoms with Crippen LogP contribution in [0.4, 0.5) is 5.69 Å². The van der Waals surface area contributed by atoms with E-state index in [4.69, 9.17) is 0 Å². The van der Waals surface area contributed by atoms with Crippen molar-refractivity contribution in [1.29, 1.82) is 0 Å². The van der Waals surface area contributed by atoms with Gasteiger partial charge in [0.25, 0.3) is 0 Å². The minimum atomic E-state index is -0.0379. The number of fused-ring (bicyclic) bond motifs is 2. The Bertz CT molecular complexity index is 1020. The highest BCUT2D eigenvalue weighted by Crippen LogP contribution is 2.24. The Hall–Kier alpha value is -2.79. The first kappa shape index (κ1) is 14.8. The second-order valence-corrected chi connectivity index (χ2v) is 6.34. The Morgan fingerprint density at radius 3 is 2.83 bits per heavy atom. The van der Waals surface area contributed by atoms with Crippen LogP contribution in [0.25, 0.3) is 16.3 Å². The first-order valence-electron chi connectivity index (χ1n) is 7.64. The molecule has 118 valence electrons. The van der Waals surface area contributed by atoms with Gasteiger partial charge in [-0.2, -0.15) is 0 Å². The first-order chi connectivity index (χ1) is 11.8. The van der Waals surface area contributed by atoms with Crippen LogP contribution in [-0.2, 0) is 4.79 Å². The molecule has 0 spiro atoms. The van der Waals surface area contributed by atoms with E-state index in [1.165, 1.54) is 11.8 Å². The van der Waals surface area contributed by atoms with Gasteiger partial charge in [-0.3, -0.25) is 9.20 Å². The van der Waals surface area contributed by atoms with Crippen LogP contribution >= 0.6 is 11.8 Å². The van der Waals surface area contributed by atoms with Gasteiger partial charge in [0.15, 0.2) is 5.16 Å². The number of hydrogen-bond acceptors (Lipinski definition) is 3. The van der Waals surface area contributed by atoms with Crippen molar-refractivity contribution in [3.8, 4) is 0 Å². The van der Waals surface area contributed by atoms with Crippen LogP contribution in [0, 0.1) is 0 Å². The van der Waals surface area contributed by atoms with Crippen molar-refractivity contribution >= 4 is 39.6 Å². The topological polar surface area (TPSA) is 46.4 Å². The molecule has 2 heterocycles. The number of nitrogens with zero attached hydrogens (tertiary/aromatic N) is 2. The maximum absolute atomic E-state index is 12.3. The summed E-state index contributed by atoms with van der Waals surface area (Å²) >= 11 is 1.43. The van der Waals surface area contributed by atoms with E-state index in [0.29, 0.717) is 5.75 Å². The van der Waals surface area contributed by atoms with E-state index in [1.54, 1.807) is 0 Å². The SMILES string of the molecule is O=C(CSc1ncc2ccccn12)Nc1cccc2ccccc12. The van der Waals surface area contributed by atoms with Crippen molar-refractivity contribution in [3.63, 3.8) is 0 Å². The number of nitrogens with one attached hydrogen (secondary N) is 1. The molecule has 0 aliphatic carbocycles. The van der Waals surface area contributed by atoms with Crippen molar-refractivity contribution in [2.24, 2.45) is 0 Å². The third kappa shape index (κ3) is 2.86. The Morgan fingerprint density at radius 2 is 1.88 bits per heavy atom. The zero-order valence-electron chi connectivity index (χ0n) is 12.8. The van der Waals surface area contributed by atoms with Crippen LogP contribution in [-0.4, -0.2) is 21.0 Å². The van der Waals surface area contributed by atoms with Gasteiger partial charge in [0.2, 0.25) is 5.91 Å². The van der Waals surface area contributed by atoms with Gasteiger partial charge in [0.1, 0.15) is 0 Å². The zero-order chi connectivity index (χ0) is 16.4. The number of carbonyl (C=O) groups is 1. The zero-order valence-corrected chi connectivity index (χ0v) is 13.7. The molecule has 0 radical (unpaired) electrons. The van der Waals surface area contributed by atoms with Gasteiger partial charge < -0.3 is 5.32 Å². The molecule has 0 aliphatic rings. The van der Waals surface area contributed by atoms with Crippen molar-refractivity contribution in [3.05, 3.63) is 73.1 Å². The molecule has 1 N–H and O–H groups in total. The van der Waals surface area contributed by atoms with E-state index in [-0.39, 0.29) is 5.91 Å². The minimum Gasteiger partial charge on any atom is -0.325 e. The lowest BCUT2D eigenvalue weighted by Gasteiger charge is -2.08. The van der Waals surface area contributed by atoms with Gasteiger partial charge in [-0.25, -0.2) is 4.98 Å². The number of benzene rings is 2. The van der Waals surface area contributed by atoms with Crippen LogP contribution < -0.4 is 5.32 Å². The second kappa shape index (κ2) is 6.37. The third-order valence-electron chi connectivity index (χ3n) is 3.80. The third-order valence-corrected chi connectivity index (χ3v) is 4.77. The number of anilines is 1. The fourth-order valence-electron chi connectivity index (χ4n) is 2.68. The van der Waals surface area contributed by atoms with Gasteiger partial charge in [-0.05, 0) is 23.6 Å². The molecule has 4 aromatic rings. The lowest BCUT2D eigenvalue weighted by Crippen LogP contribution is -2.14. The van der Waals surface area contributed by atoms with Crippen molar-refractivity contribution in [2.45, 2.75) is 5.16 Å². The van der Waals surface area contributed by atoms with Crippen molar-refractivity contribution in [1.82, 2.24) is 9.38 Å². The van der Waals surface area contributed by atoms with Crippen molar-refractivity contribution in [2.75, 3.05) is 11.1 Å². The summed E-state index contributed by atoms with van der Waals surface area (Å²) in [4.78, 5) is 16.7. The highest BCUT2D eigenvalue weighted by molar-refractivity contribution is 7.99. The molecule has 0 aliphatic heterocycles. The predicted octanol–water partition coefficient (Wildman–Crippen LogP) is 4.22. The molecule has 0 atom stereocenters. The average molecular weight is 333 g/mol. The molecule has 0 fully saturated rings. The summed E-state index contributed by atoms with van der Waals surface area (Å²) in [6, 6.07) is 19.9. The van der Waals surface area contributed by atoms with Crippen molar-refractivity contribution < 1.29 is 4.79 Å². The number of rotatable bonds is 4. The van der Waals surface area contributed by atoms with Crippen LogP contribution in [0.1, 0.15) is 0 Å². The first-order valence-corrected chi connectivity index (χ1v) is 8.62. The molecular weight excluding hydrogens is 318 g/mol. The molecule has 5 heteroatoms. The fourth-order valence-corrected chi connectivity index (χ4v) is 3.44. The van der Waals surface area contributed by atoms with E-state index in [0.717, 1.165) is 27.1 Å². The van der Waals surface area contributed by atoms with Crippen LogP contribution in [0.2, 0.25) is 0 Å². The maximum atomic E-state index is 12.3. The molecule has 2 aromatic heterocycles. The quantitative estimate of drug-likeness (QED) is 0.569. The summed E-state index contributed by atoms with van der Waals surface area (Å²) in [5, 5.41) is 5.98. The molecule has 0 saturated heterocycles. The van der Waals surface area contributed by atoms with Crippen LogP contribution in [0.3, 0.4) is 0 Å². The molecule has 0 bridgehead atoms. The molecule has 4 rings (SSSR count). The Kier molecular flexibility index (Phi) is 3.92. The summed E-state index contributed by atoms with van der Waals surface area (Å²) < 4.78 is 1.98. The van der Waals surface area contributed by atoms with Crippen LogP contribution in [0.5, 0.6) is 0 Å². The van der Waals surface area contributed by atoms with Gasteiger partial charge in [0.05, 0.1) is 17.5 Å². The normalized spacial score (nSPS) is 11.0. The van der Waals surface area contributed by atoms with Crippen LogP contribution in [0.15, 0.2) is 78.2 Å². The number of carbonyl (C=O) groups excluding carboxylic acids is 1. The summed E-state index contributed by atoms with van der Waals surface area (Å²) in [7, 11) is 0. The number of amides is 1. The highest BCUT2D eigenvalue weighted by atomic mass is 32.2. The molecule has 24 heavy (non-hydrogen) atoms. The maximum Gasteiger partial charge on any atom is 0.234 e. The van der Waals surface area contributed by atoms with Gasteiger partial charge >= 0.3 is 0 Å². The van der Waals surface area contributed by atoms with Gasteiger partial charge in [-0.1, -0.05) is 54.2 Å². The standard InChI is InChI=1S/C19H15N3OS/c23-18(13-24-19-20-12-15-8-3-4-11-22(15)19)21-17-10-5-7-14-6-1-2-9-16(14)17/h1-12H,13H2,(H,21,23). The molecular formula is C19H15N3OS. The smallest absolute Gasteiger partial charge is 0.234 e. The van der Waals surface area contributed by atoms with E-state index in [2.05, 4.69) is 10.3 Å². The second-order valence-electron chi connectivity index (χ2n) is 5.40. The Balaban J connectivity index is 1.48. The van der Waals surface area contributed by atoms with Gasteiger partial charge in [-0.15, -0.1) is 0 Å². The number of hydrogen-bond donors (Lipinski definition) is 1. The molecule has 4 nitrogen and oxygen atoms in total. The van der Waals surface area contributed by atoms with E-state index < -0.39 is 0 Å². The predicted molar refractivity (Wildman–Crippen MR) is 98.5 cm³/mol. The summed E-state index contributed by atoms with van der Waals surface area (Å²) in [6.07, 6.45) is 3.76. The number of aromatic nitrogens is 2. The Labute approximate surface area is 143 Å². The molecule has 2 aromatic carbocycles. The lowest BCUT2D eigenvalue weighted by molar-refractivity contribution is -0.113. The highest BCUT2D eigenvalue weighted by Gasteiger charge is 2.09. The minimum absolute atomic E-state index is 0.0379. The molecule has 0 unspecified atom stereocenters. The summed E-state index contributed by atoms with van der Waals surface area (Å²) in [5.74, 6) is 0.279. The largest absolute Gasteiger partial charge is 0.325 e. The van der Waals surface area contributed by atoms with E-state index >= 15 is 0 Å². The molecule has 0 saturated carbocycles. The summed E-state index contributed by atoms with van der Waals surface area (Å²) in [6.45, 7) is 0.